The Hall–Kier alpha value is -1.39. The molecule has 1 aromatic rings. The molecule has 0 radical (unpaired) electrons. The van der Waals surface area contributed by atoms with Gasteiger partial charge >= 0.3 is 0 Å². The molecular formula is C16H22N2O2. The second-order valence-electron chi connectivity index (χ2n) is 5.65. The van der Waals surface area contributed by atoms with Crippen molar-refractivity contribution < 1.29 is 9.53 Å². The Kier molecular flexibility index (Phi) is 4.33. The van der Waals surface area contributed by atoms with Crippen LogP contribution in [0.15, 0.2) is 18.2 Å². The molecule has 4 nitrogen and oxygen atoms in total. The normalized spacial score (nSPS) is 20.9. The molecule has 0 saturated carbocycles. The highest BCUT2D eigenvalue weighted by molar-refractivity contribution is 5.92. The fourth-order valence-electron chi connectivity index (χ4n) is 3.01. The number of hydrogen-bond acceptors (Lipinski definition) is 3. The highest BCUT2D eigenvalue weighted by Gasteiger charge is 2.15. The van der Waals surface area contributed by atoms with Crippen molar-refractivity contribution in [3.63, 3.8) is 0 Å². The second kappa shape index (κ2) is 6.37. The second-order valence-corrected chi connectivity index (χ2v) is 5.65. The predicted octanol–water partition coefficient (Wildman–Crippen LogP) is 1.88. The third kappa shape index (κ3) is 3.38. The molecule has 3 rings (SSSR count). The zero-order valence-electron chi connectivity index (χ0n) is 11.8. The van der Waals surface area contributed by atoms with Gasteiger partial charge < -0.3 is 15.4 Å². The van der Waals surface area contributed by atoms with E-state index in [0.717, 1.165) is 38.1 Å². The van der Waals surface area contributed by atoms with Gasteiger partial charge in [-0.3, -0.25) is 4.79 Å². The van der Waals surface area contributed by atoms with Gasteiger partial charge in [-0.25, -0.2) is 0 Å². The van der Waals surface area contributed by atoms with Crippen LogP contribution in [0.3, 0.4) is 0 Å². The SMILES string of the molecule is O=C(CNC[C@@H]1CCCO1)Nc1ccc2c(c1)CCC2. The van der Waals surface area contributed by atoms with Crippen LogP contribution in [0, 0.1) is 0 Å². The summed E-state index contributed by atoms with van der Waals surface area (Å²) in [4.78, 5) is 11.9. The van der Waals surface area contributed by atoms with E-state index in [1.165, 1.54) is 24.0 Å². The molecule has 1 atom stereocenters. The van der Waals surface area contributed by atoms with Crippen molar-refractivity contribution in [3.05, 3.63) is 29.3 Å². The average Bonchev–Trinajstić information content (AvgIpc) is 3.08. The molecule has 0 bridgehead atoms. The number of benzene rings is 1. The van der Waals surface area contributed by atoms with Crippen LogP contribution >= 0.6 is 0 Å². The molecule has 1 saturated heterocycles. The molecule has 1 aliphatic carbocycles. The van der Waals surface area contributed by atoms with Gasteiger partial charge in [0.15, 0.2) is 0 Å². The van der Waals surface area contributed by atoms with E-state index in [2.05, 4.69) is 22.8 Å². The van der Waals surface area contributed by atoms with E-state index in [1.54, 1.807) is 0 Å². The molecule has 20 heavy (non-hydrogen) atoms. The lowest BCUT2D eigenvalue weighted by Gasteiger charge is -2.11. The van der Waals surface area contributed by atoms with E-state index >= 15 is 0 Å². The van der Waals surface area contributed by atoms with Crippen LogP contribution < -0.4 is 10.6 Å². The van der Waals surface area contributed by atoms with Crippen LogP contribution in [-0.2, 0) is 22.4 Å². The highest BCUT2D eigenvalue weighted by atomic mass is 16.5. The number of aryl methyl sites for hydroxylation is 2. The van der Waals surface area contributed by atoms with Crippen LogP contribution in [0.25, 0.3) is 0 Å². The standard InChI is InChI=1S/C16H22N2O2/c19-16(11-17-10-15-5-2-8-20-15)18-14-7-6-12-3-1-4-13(12)9-14/h6-7,9,15,17H,1-5,8,10-11H2,(H,18,19)/t15-/m0/s1. The van der Waals surface area contributed by atoms with Crippen LogP contribution in [0.5, 0.6) is 0 Å². The quantitative estimate of drug-likeness (QED) is 0.862. The number of fused-ring (bicyclic) bond motifs is 1. The van der Waals surface area contributed by atoms with Gasteiger partial charge in [-0.2, -0.15) is 0 Å². The van der Waals surface area contributed by atoms with Crippen LogP contribution in [0.2, 0.25) is 0 Å². The maximum Gasteiger partial charge on any atom is 0.238 e. The third-order valence-electron chi connectivity index (χ3n) is 4.06. The summed E-state index contributed by atoms with van der Waals surface area (Å²) >= 11 is 0. The maximum absolute atomic E-state index is 11.9. The van der Waals surface area contributed by atoms with Crippen LogP contribution in [-0.4, -0.2) is 31.7 Å². The molecule has 0 spiro atoms. The van der Waals surface area contributed by atoms with Gasteiger partial charge in [0, 0.05) is 18.8 Å². The van der Waals surface area contributed by atoms with E-state index in [0.29, 0.717) is 6.54 Å². The van der Waals surface area contributed by atoms with Crippen molar-refractivity contribution >= 4 is 11.6 Å². The molecule has 0 unspecified atom stereocenters. The average molecular weight is 274 g/mol. The molecule has 4 heteroatoms. The summed E-state index contributed by atoms with van der Waals surface area (Å²) in [6.07, 6.45) is 6.05. The first-order valence-corrected chi connectivity index (χ1v) is 7.55. The Bertz CT molecular complexity index is 481. The van der Waals surface area contributed by atoms with Gasteiger partial charge in [-0.05, 0) is 55.4 Å². The lowest BCUT2D eigenvalue weighted by Crippen LogP contribution is -2.33. The molecule has 1 aliphatic heterocycles. The van der Waals surface area contributed by atoms with Crippen LogP contribution in [0.1, 0.15) is 30.4 Å². The number of anilines is 1. The van der Waals surface area contributed by atoms with Crippen molar-refractivity contribution in [2.75, 3.05) is 25.0 Å². The fourth-order valence-corrected chi connectivity index (χ4v) is 3.01. The smallest absolute Gasteiger partial charge is 0.238 e. The van der Waals surface area contributed by atoms with E-state index in [-0.39, 0.29) is 12.0 Å². The van der Waals surface area contributed by atoms with Crippen molar-refractivity contribution in [1.82, 2.24) is 5.32 Å². The minimum Gasteiger partial charge on any atom is -0.377 e. The maximum atomic E-state index is 11.9. The zero-order chi connectivity index (χ0) is 13.8. The first-order valence-electron chi connectivity index (χ1n) is 7.55. The molecule has 108 valence electrons. The fraction of sp³-hybridized carbons (Fsp3) is 0.562. The predicted molar refractivity (Wildman–Crippen MR) is 78.9 cm³/mol. The minimum absolute atomic E-state index is 0.0148. The first kappa shape index (κ1) is 13.6. The number of amides is 1. The van der Waals surface area contributed by atoms with Gasteiger partial charge in [0.25, 0.3) is 0 Å². The Morgan fingerprint density at radius 2 is 2.15 bits per heavy atom. The van der Waals surface area contributed by atoms with Crippen molar-refractivity contribution in [2.24, 2.45) is 0 Å². The first-order chi connectivity index (χ1) is 9.81. The van der Waals surface area contributed by atoms with E-state index in [9.17, 15) is 4.79 Å². The minimum atomic E-state index is 0.0148. The lowest BCUT2D eigenvalue weighted by atomic mass is 10.1. The van der Waals surface area contributed by atoms with Gasteiger partial charge in [0.2, 0.25) is 5.91 Å². The van der Waals surface area contributed by atoms with Gasteiger partial charge in [-0.1, -0.05) is 6.07 Å². The Morgan fingerprint density at radius 1 is 1.25 bits per heavy atom. The largest absolute Gasteiger partial charge is 0.377 e. The molecule has 1 aromatic carbocycles. The molecular weight excluding hydrogens is 252 g/mol. The topological polar surface area (TPSA) is 50.4 Å². The number of ether oxygens (including phenoxy) is 1. The number of carbonyl (C=O) groups excluding carboxylic acids is 1. The monoisotopic (exact) mass is 274 g/mol. The number of carbonyl (C=O) groups is 1. The highest BCUT2D eigenvalue weighted by Crippen LogP contribution is 2.24. The Balaban J connectivity index is 1.44. The molecule has 1 heterocycles. The van der Waals surface area contributed by atoms with Gasteiger partial charge in [0.05, 0.1) is 12.6 Å². The summed E-state index contributed by atoms with van der Waals surface area (Å²) in [6, 6.07) is 6.25. The van der Waals surface area contributed by atoms with Crippen molar-refractivity contribution in [2.45, 2.75) is 38.2 Å². The van der Waals surface area contributed by atoms with Gasteiger partial charge in [0.1, 0.15) is 0 Å². The summed E-state index contributed by atoms with van der Waals surface area (Å²) < 4.78 is 5.51. The molecule has 1 amide bonds. The zero-order valence-corrected chi connectivity index (χ0v) is 11.8. The number of hydrogen-bond donors (Lipinski definition) is 2. The van der Waals surface area contributed by atoms with Crippen molar-refractivity contribution in [3.8, 4) is 0 Å². The molecule has 1 fully saturated rings. The summed E-state index contributed by atoms with van der Waals surface area (Å²) in [5.74, 6) is 0.0148. The summed E-state index contributed by atoms with van der Waals surface area (Å²) in [5, 5.41) is 6.12. The number of nitrogens with one attached hydrogen (secondary N) is 2. The number of rotatable bonds is 5. The van der Waals surface area contributed by atoms with E-state index in [4.69, 9.17) is 4.74 Å². The van der Waals surface area contributed by atoms with E-state index < -0.39 is 0 Å². The molecule has 2 N–H and O–H groups in total. The van der Waals surface area contributed by atoms with Gasteiger partial charge in [-0.15, -0.1) is 0 Å². The Labute approximate surface area is 119 Å². The molecule has 0 aromatic heterocycles. The Morgan fingerprint density at radius 3 is 3.00 bits per heavy atom. The third-order valence-corrected chi connectivity index (χ3v) is 4.06. The van der Waals surface area contributed by atoms with Crippen molar-refractivity contribution in [1.29, 1.82) is 0 Å². The summed E-state index contributed by atoms with van der Waals surface area (Å²) in [5.41, 5.74) is 3.73. The summed E-state index contributed by atoms with van der Waals surface area (Å²) in [7, 11) is 0. The van der Waals surface area contributed by atoms with Crippen LogP contribution in [0.4, 0.5) is 5.69 Å². The lowest BCUT2D eigenvalue weighted by molar-refractivity contribution is -0.115. The van der Waals surface area contributed by atoms with E-state index in [1.807, 2.05) is 6.07 Å². The molecule has 2 aliphatic rings. The summed E-state index contributed by atoms with van der Waals surface area (Å²) in [6.45, 7) is 1.96.